The van der Waals surface area contributed by atoms with E-state index in [9.17, 15) is 4.79 Å². The number of ether oxygens (including phenoxy) is 3. The number of benzene rings is 1. The van der Waals surface area contributed by atoms with Gasteiger partial charge in [-0.2, -0.15) is 0 Å². The van der Waals surface area contributed by atoms with Gasteiger partial charge in [-0.15, -0.1) is 0 Å². The number of methoxy groups -OCH3 is 2. The quantitative estimate of drug-likeness (QED) is 0.465. The Morgan fingerprint density at radius 2 is 1.88 bits per heavy atom. The van der Waals surface area contributed by atoms with E-state index in [0.29, 0.717) is 19.1 Å². The van der Waals surface area contributed by atoms with Gasteiger partial charge in [-0.05, 0) is 44.9 Å². The van der Waals surface area contributed by atoms with Crippen molar-refractivity contribution in [3.05, 3.63) is 23.8 Å². The van der Waals surface area contributed by atoms with E-state index in [1.54, 1.807) is 33.2 Å². The largest absolute Gasteiger partial charge is 0.497 e. The van der Waals surface area contributed by atoms with Crippen LogP contribution in [0.25, 0.3) is 0 Å². The summed E-state index contributed by atoms with van der Waals surface area (Å²) in [5.41, 5.74) is 0.662. The van der Waals surface area contributed by atoms with Crippen molar-refractivity contribution >= 4 is 12.1 Å². The fourth-order valence-corrected chi connectivity index (χ4v) is 3.47. The maximum atomic E-state index is 12.1. The molecule has 1 fully saturated rings. The van der Waals surface area contributed by atoms with Crippen LogP contribution in [0.3, 0.4) is 0 Å². The molecular formula is C23H39N5O4. The van der Waals surface area contributed by atoms with Gasteiger partial charge in [0.15, 0.2) is 5.96 Å². The van der Waals surface area contributed by atoms with Crippen LogP contribution in [0.5, 0.6) is 11.5 Å². The molecule has 1 aliphatic rings. The SMILES string of the molecule is CN=C(NCCN(C)C(=O)OC(C)(C)C)NC1CCN(Cc2cc(OC)cc(OC)c2)C1. The van der Waals surface area contributed by atoms with Gasteiger partial charge in [0.1, 0.15) is 17.1 Å². The van der Waals surface area contributed by atoms with Gasteiger partial charge in [0.2, 0.25) is 0 Å². The third-order valence-corrected chi connectivity index (χ3v) is 5.10. The number of aliphatic imine (C=N–C) groups is 1. The topological polar surface area (TPSA) is 87.7 Å². The standard InChI is InChI=1S/C23H39N5O4/c1-23(2,3)32-22(29)27(5)11-9-25-21(24-4)26-18-8-10-28(16-18)15-17-12-19(30-6)14-20(13-17)31-7/h12-14,18H,8-11,15-16H2,1-7H3,(H2,24,25,26). The molecule has 9 heteroatoms. The second kappa shape index (κ2) is 11.8. The van der Waals surface area contributed by atoms with Gasteiger partial charge in [0.05, 0.1) is 14.2 Å². The van der Waals surface area contributed by atoms with Crippen LogP contribution in [-0.4, -0.2) is 88.0 Å². The van der Waals surface area contributed by atoms with Gasteiger partial charge in [-0.3, -0.25) is 9.89 Å². The Bertz CT molecular complexity index is 756. The predicted octanol–water partition coefficient (Wildman–Crippen LogP) is 2.31. The zero-order valence-corrected chi connectivity index (χ0v) is 20.5. The number of guanidine groups is 1. The summed E-state index contributed by atoms with van der Waals surface area (Å²) in [6, 6.07) is 6.28. The first-order chi connectivity index (χ1) is 15.1. The maximum Gasteiger partial charge on any atom is 0.410 e. The van der Waals surface area contributed by atoms with E-state index in [4.69, 9.17) is 14.2 Å². The molecular weight excluding hydrogens is 410 g/mol. The highest BCUT2D eigenvalue weighted by molar-refractivity contribution is 5.80. The molecule has 1 amide bonds. The summed E-state index contributed by atoms with van der Waals surface area (Å²) in [5, 5.41) is 6.76. The minimum Gasteiger partial charge on any atom is -0.497 e. The van der Waals surface area contributed by atoms with Crippen molar-refractivity contribution in [3.63, 3.8) is 0 Å². The number of likely N-dealkylation sites (N-methyl/N-ethyl adjacent to an activating group) is 1. The number of amides is 1. The Morgan fingerprint density at radius 3 is 2.44 bits per heavy atom. The first kappa shape index (κ1) is 25.6. The van der Waals surface area contributed by atoms with Crippen LogP contribution in [0.15, 0.2) is 23.2 Å². The molecule has 9 nitrogen and oxygen atoms in total. The lowest BCUT2D eigenvalue weighted by Gasteiger charge is -2.25. The molecule has 1 unspecified atom stereocenters. The maximum absolute atomic E-state index is 12.1. The normalized spacial score (nSPS) is 17.1. The van der Waals surface area contributed by atoms with E-state index in [2.05, 4.69) is 20.5 Å². The summed E-state index contributed by atoms with van der Waals surface area (Å²) >= 11 is 0. The molecule has 1 aromatic rings. The molecule has 2 N–H and O–H groups in total. The number of hydrogen-bond acceptors (Lipinski definition) is 6. The van der Waals surface area contributed by atoms with Crippen molar-refractivity contribution < 1.29 is 19.0 Å². The molecule has 0 saturated carbocycles. The first-order valence-corrected chi connectivity index (χ1v) is 11.0. The first-order valence-electron chi connectivity index (χ1n) is 11.0. The van der Waals surface area contributed by atoms with Gasteiger partial charge in [0.25, 0.3) is 0 Å². The number of carbonyl (C=O) groups is 1. The summed E-state index contributed by atoms with van der Waals surface area (Å²) < 4.78 is 16.1. The third-order valence-electron chi connectivity index (χ3n) is 5.10. The molecule has 180 valence electrons. The number of likely N-dealkylation sites (tertiary alicyclic amines) is 1. The van der Waals surface area contributed by atoms with E-state index in [1.807, 2.05) is 39.0 Å². The molecule has 0 aliphatic carbocycles. The van der Waals surface area contributed by atoms with Gasteiger partial charge >= 0.3 is 6.09 Å². The Labute approximate surface area is 192 Å². The number of hydrogen-bond donors (Lipinski definition) is 2. The second-order valence-corrected chi connectivity index (χ2v) is 8.99. The molecule has 1 atom stereocenters. The Kier molecular flexibility index (Phi) is 9.43. The van der Waals surface area contributed by atoms with Gasteiger partial charge < -0.3 is 29.7 Å². The van der Waals surface area contributed by atoms with Crippen LogP contribution in [0.1, 0.15) is 32.8 Å². The summed E-state index contributed by atoms with van der Waals surface area (Å²) in [5.74, 6) is 2.33. The lowest BCUT2D eigenvalue weighted by molar-refractivity contribution is 0.0302. The smallest absolute Gasteiger partial charge is 0.410 e. The zero-order chi connectivity index (χ0) is 23.7. The molecule has 1 saturated heterocycles. The van der Waals surface area contributed by atoms with Crippen molar-refractivity contribution in [2.24, 2.45) is 4.99 Å². The molecule has 32 heavy (non-hydrogen) atoms. The third kappa shape index (κ3) is 8.45. The van der Waals surface area contributed by atoms with E-state index >= 15 is 0 Å². The highest BCUT2D eigenvalue weighted by Gasteiger charge is 2.24. The lowest BCUT2D eigenvalue weighted by Crippen LogP contribution is -2.47. The van der Waals surface area contributed by atoms with Crippen molar-refractivity contribution in [1.29, 1.82) is 0 Å². The van der Waals surface area contributed by atoms with Gasteiger partial charge in [-0.25, -0.2) is 4.79 Å². The van der Waals surface area contributed by atoms with Gasteiger partial charge in [0, 0.05) is 58.9 Å². The predicted molar refractivity (Wildman–Crippen MR) is 127 cm³/mol. The van der Waals surface area contributed by atoms with Crippen LogP contribution in [0.2, 0.25) is 0 Å². The zero-order valence-electron chi connectivity index (χ0n) is 20.5. The Balaban J connectivity index is 1.78. The monoisotopic (exact) mass is 449 g/mol. The van der Waals surface area contributed by atoms with E-state index in [-0.39, 0.29) is 6.09 Å². The molecule has 0 aromatic heterocycles. The minimum atomic E-state index is -0.499. The van der Waals surface area contributed by atoms with Crippen molar-refractivity contribution in [2.75, 3.05) is 54.5 Å². The molecule has 1 aliphatic heterocycles. The number of rotatable bonds is 8. The minimum absolute atomic E-state index is 0.303. The molecule has 1 aromatic carbocycles. The average molecular weight is 450 g/mol. The average Bonchev–Trinajstić information content (AvgIpc) is 3.17. The molecule has 1 heterocycles. The summed E-state index contributed by atoms with van der Waals surface area (Å²) in [6.45, 7) is 9.42. The highest BCUT2D eigenvalue weighted by Crippen LogP contribution is 2.24. The molecule has 0 bridgehead atoms. The summed E-state index contributed by atoms with van der Waals surface area (Å²) in [6.07, 6.45) is 0.697. The molecule has 0 radical (unpaired) electrons. The van der Waals surface area contributed by atoms with Crippen molar-refractivity contribution in [1.82, 2.24) is 20.4 Å². The van der Waals surface area contributed by atoms with E-state index in [0.717, 1.165) is 49.1 Å². The van der Waals surface area contributed by atoms with Crippen LogP contribution in [0.4, 0.5) is 4.79 Å². The van der Waals surface area contributed by atoms with Gasteiger partial charge in [-0.1, -0.05) is 0 Å². The Morgan fingerprint density at radius 1 is 1.22 bits per heavy atom. The fourth-order valence-electron chi connectivity index (χ4n) is 3.47. The lowest BCUT2D eigenvalue weighted by atomic mass is 10.2. The van der Waals surface area contributed by atoms with E-state index in [1.165, 1.54) is 0 Å². The number of carbonyl (C=O) groups excluding carboxylic acids is 1. The highest BCUT2D eigenvalue weighted by atomic mass is 16.6. The second-order valence-electron chi connectivity index (χ2n) is 8.99. The van der Waals surface area contributed by atoms with Crippen molar-refractivity contribution in [2.45, 2.75) is 45.4 Å². The number of nitrogens with zero attached hydrogens (tertiary/aromatic N) is 3. The van der Waals surface area contributed by atoms with Crippen molar-refractivity contribution in [3.8, 4) is 11.5 Å². The fraction of sp³-hybridized carbons (Fsp3) is 0.652. The molecule has 2 rings (SSSR count). The van der Waals surface area contributed by atoms with Crippen LogP contribution < -0.4 is 20.1 Å². The van der Waals surface area contributed by atoms with Crippen LogP contribution >= 0.6 is 0 Å². The summed E-state index contributed by atoms with van der Waals surface area (Å²) in [7, 11) is 6.81. The van der Waals surface area contributed by atoms with E-state index < -0.39 is 5.60 Å². The Hall–Kier alpha value is -2.68. The van der Waals surface area contributed by atoms with Crippen LogP contribution in [-0.2, 0) is 11.3 Å². The summed E-state index contributed by atoms with van der Waals surface area (Å²) in [4.78, 5) is 20.3. The molecule has 0 spiro atoms. The van der Waals surface area contributed by atoms with Crippen LogP contribution in [0, 0.1) is 0 Å². The number of nitrogens with one attached hydrogen (secondary N) is 2.